The molecule has 0 nitrogen and oxygen atoms in total. The van der Waals surface area contributed by atoms with Crippen molar-refractivity contribution in [1.29, 1.82) is 0 Å². The van der Waals surface area contributed by atoms with Crippen molar-refractivity contribution in [2.75, 3.05) is 0 Å². The Morgan fingerprint density at radius 3 is 1.39 bits per heavy atom. The van der Waals surface area contributed by atoms with Gasteiger partial charge in [-0.25, -0.2) is 0 Å². The quantitative estimate of drug-likeness (QED) is 0.373. The van der Waals surface area contributed by atoms with Gasteiger partial charge in [0.1, 0.15) is 0 Å². The Kier molecular flexibility index (Phi) is 5.09. The van der Waals surface area contributed by atoms with E-state index in [0.29, 0.717) is 0 Å². The van der Waals surface area contributed by atoms with Crippen LogP contribution in [-0.2, 0) is 0 Å². The molecule has 140 valence electrons. The van der Waals surface area contributed by atoms with E-state index in [-0.39, 0.29) is 0 Å². The van der Waals surface area contributed by atoms with E-state index in [2.05, 4.69) is 107 Å². The maximum Gasteiger partial charge on any atom is -0.0134 e. The molecule has 0 saturated heterocycles. The first-order valence-corrected chi connectivity index (χ1v) is 11.2. The molecule has 0 aliphatic heterocycles. The summed E-state index contributed by atoms with van der Waals surface area (Å²) in [6.07, 6.45) is 0. The standard InChI is InChI=1S/C27H27P/c1-18-6-7-24-17-25(9-8-23(24)12-18)28(26-13-19(2)10-20(3)14-26)27-15-21(4)11-22(5)16-27/h6-17H,1-5H3. The van der Waals surface area contributed by atoms with Gasteiger partial charge in [0.2, 0.25) is 0 Å². The van der Waals surface area contributed by atoms with E-state index in [9.17, 15) is 0 Å². The van der Waals surface area contributed by atoms with Crippen LogP contribution in [0.3, 0.4) is 0 Å². The summed E-state index contributed by atoms with van der Waals surface area (Å²) in [5.41, 5.74) is 6.66. The van der Waals surface area contributed by atoms with Crippen molar-refractivity contribution in [3.63, 3.8) is 0 Å². The number of rotatable bonds is 3. The van der Waals surface area contributed by atoms with Crippen molar-refractivity contribution >= 4 is 34.6 Å². The topological polar surface area (TPSA) is 0 Å². The Morgan fingerprint density at radius 1 is 0.393 bits per heavy atom. The lowest BCUT2D eigenvalue weighted by Gasteiger charge is -2.22. The highest BCUT2D eigenvalue weighted by atomic mass is 31.1. The van der Waals surface area contributed by atoms with Crippen molar-refractivity contribution < 1.29 is 0 Å². The van der Waals surface area contributed by atoms with Gasteiger partial charge in [-0.2, -0.15) is 0 Å². The molecule has 0 amide bonds. The Bertz CT molecular complexity index is 1080. The van der Waals surface area contributed by atoms with Gasteiger partial charge < -0.3 is 0 Å². The largest absolute Gasteiger partial charge is 0.0587 e. The van der Waals surface area contributed by atoms with Crippen LogP contribution in [0.15, 0.2) is 72.8 Å². The Hall–Kier alpha value is -2.43. The molecule has 0 aromatic heterocycles. The molecule has 0 spiro atoms. The molecule has 4 rings (SSSR count). The number of fused-ring (bicyclic) bond motifs is 1. The SMILES string of the molecule is Cc1cc(C)cc(P(c2cc(C)cc(C)c2)c2ccc3cc(C)ccc3c2)c1. The molecular formula is C27H27P. The third kappa shape index (κ3) is 3.89. The first-order valence-electron chi connectivity index (χ1n) is 9.86. The zero-order chi connectivity index (χ0) is 19.8. The molecule has 0 unspecified atom stereocenters. The summed E-state index contributed by atoms with van der Waals surface area (Å²) < 4.78 is 0. The van der Waals surface area contributed by atoms with Crippen molar-refractivity contribution in [2.24, 2.45) is 0 Å². The molecular weight excluding hydrogens is 355 g/mol. The number of benzene rings is 4. The van der Waals surface area contributed by atoms with Gasteiger partial charge in [0, 0.05) is 0 Å². The minimum Gasteiger partial charge on any atom is -0.0587 e. The highest BCUT2D eigenvalue weighted by molar-refractivity contribution is 7.79. The van der Waals surface area contributed by atoms with Crippen LogP contribution in [-0.4, -0.2) is 0 Å². The van der Waals surface area contributed by atoms with Gasteiger partial charge in [0.15, 0.2) is 0 Å². The van der Waals surface area contributed by atoms with Crippen LogP contribution in [0.1, 0.15) is 27.8 Å². The van der Waals surface area contributed by atoms with Gasteiger partial charge in [-0.15, -0.1) is 0 Å². The lowest BCUT2D eigenvalue weighted by molar-refractivity contribution is 1.40. The predicted octanol–water partition coefficient (Wildman–Crippen LogP) is 6.14. The number of hydrogen-bond acceptors (Lipinski definition) is 0. The fraction of sp³-hybridized carbons (Fsp3) is 0.185. The Balaban J connectivity index is 1.95. The molecule has 28 heavy (non-hydrogen) atoms. The summed E-state index contributed by atoms with van der Waals surface area (Å²) in [6, 6.07) is 27.8. The van der Waals surface area contributed by atoms with Crippen molar-refractivity contribution in [3.05, 3.63) is 101 Å². The fourth-order valence-electron chi connectivity index (χ4n) is 4.10. The van der Waals surface area contributed by atoms with Gasteiger partial charge in [0.25, 0.3) is 0 Å². The lowest BCUT2D eigenvalue weighted by Crippen LogP contribution is -2.22. The molecule has 4 aromatic rings. The second kappa shape index (κ2) is 7.53. The second-order valence-electron chi connectivity index (χ2n) is 8.06. The molecule has 0 N–H and O–H groups in total. The molecule has 0 heterocycles. The van der Waals surface area contributed by atoms with E-state index in [0.717, 1.165) is 0 Å². The van der Waals surface area contributed by atoms with Crippen LogP contribution in [0.2, 0.25) is 0 Å². The maximum absolute atomic E-state index is 2.40. The summed E-state index contributed by atoms with van der Waals surface area (Å²) in [5.74, 6) is 0. The first-order chi connectivity index (χ1) is 13.4. The third-order valence-corrected chi connectivity index (χ3v) is 7.51. The smallest absolute Gasteiger partial charge is 0.0134 e. The van der Waals surface area contributed by atoms with E-state index in [1.165, 1.54) is 54.5 Å². The molecule has 0 bridgehead atoms. The van der Waals surface area contributed by atoms with Crippen LogP contribution >= 0.6 is 7.92 Å². The second-order valence-corrected chi connectivity index (χ2v) is 10.3. The van der Waals surface area contributed by atoms with Crippen molar-refractivity contribution in [1.82, 2.24) is 0 Å². The van der Waals surface area contributed by atoms with Crippen LogP contribution in [0.4, 0.5) is 0 Å². The van der Waals surface area contributed by atoms with Gasteiger partial charge in [0.05, 0.1) is 0 Å². The Labute approximate surface area is 170 Å². The first kappa shape index (κ1) is 18.9. The summed E-state index contributed by atoms with van der Waals surface area (Å²) in [4.78, 5) is 0. The van der Waals surface area contributed by atoms with Crippen LogP contribution in [0.5, 0.6) is 0 Å². The highest BCUT2D eigenvalue weighted by Gasteiger charge is 2.18. The van der Waals surface area contributed by atoms with E-state index in [1.807, 2.05) is 0 Å². The third-order valence-electron chi connectivity index (χ3n) is 5.17. The lowest BCUT2D eigenvalue weighted by atomic mass is 10.1. The molecule has 1 heteroatoms. The van der Waals surface area contributed by atoms with E-state index < -0.39 is 7.92 Å². The molecule has 4 aromatic carbocycles. The molecule has 0 fully saturated rings. The van der Waals surface area contributed by atoms with E-state index >= 15 is 0 Å². The minimum atomic E-state index is -0.592. The molecule has 0 atom stereocenters. The van der Waals surface area contributed by atoms with Gasteiger partial charge in [-0.05, 0) is 75.3 Å². The molecule has 0 aliphatic rings. The van der Waals surface area contributed by atoms with Gasteiger partial charge >= 0.3 is 0 Å². The number of aryl methyl sites for hydroxylation is 5. The van der Waals surface area contributed by atoms with Crippen LogP contribution in [0, 0.1) is 34.6 Å². The van der Waals surface area contributed by atoms with Crippen molar-refractivity contribution in [3.8, 4) is 0 Å². The normalized spacial score (nSPS) is 11.4. The summed E-state index contributed by atoms with van der Waals surface area (Å²) >= 11 is 0. The van der Waals surface area contributed by atoms with Crippen molar-refractivity contribution in [2.45, 2.75) is 34.6 Å². The van der Waals surface area contributed by atoms with Crippen LogP contribution < -0.4 is 15.9 Å². The monoisotopic (exact) mass is 382 g/mol. The zero-order valence-corrected chi connectivity index (χ0v) is 18.3. The van der Waals surface area contributed by atoms with Gasteiger partial charge in [-0.3, -0.25) is 0 Å². The summed E-state index contributed by atoms with van der Waals surface area (Å²) in [6.45, 7) is 11.0. The fourth-order valence-corrected chi connectivity index (χ4v) is 6.82. The van der Waals surface area contributed by atoms with Crippen LogP contribution in [0.25, 0.3) is 10.8 Å². The average molecular weight is 382 g/mol. The zero-order valence-electron chi connectivity index (χ0n) is 17.4. The number of hydrogen-bond donors (Lipinski definition) is 0. The van der Waals surface area contributed by atoms with Gasteiger partial charge in [-0.1, -0.05) is 94.5 Å². The highest BCUT2D eigenvalue weighted by Crippen LogP contribution is 2.35. The average Bonchev–Trinajstić information content (AvgIpc) is 2.60. The predicted molar refractivity (Wildman–Crippen MR) is 126 cm³/mol. The molecule has 0 aliphatic carbocycles. The molecule has 0 radical (unpaired) electrons. The summed E-state index contributed by atoms with van der Waals surface area (Å²) in [5, 5.41) is 6.93. The Morgan fingerprint density at radius 2 is 0.857 bits per heavy atom. The maximum atomic E-state index is 2.40. The van der Waals surface area contributed by atoms with E-state index in [1.54, 1.807) is 0 Å². The summed E-state index contributed by atoms with van der Waals surface area (Å²) in [7, 11) is -0.592. The minimum absolute atomic E-state index is 0.592. The molecule has 0 saturated carbocycles. The van der Waals surface area contributed by atoms with E-state index in [4.69, 9.17) is 0 Å².